The molecule has 0 fully saturated rings. The van der Waals surface area contributed by atoms with Gasteiger partial charge in [0.05, 0.1) is 0 Å². The summed E-state index contributed by atoms with van der Waals surface area (Å²) >= 11 is -3.11. The van der Waals surface area contributed by atoms with E-state index < -0.39 is 11.4 Å². The van der Waals surface area contributed by atoms with Gasteiger partial charge in [-0.15, -0.1) is 11.4 Å². The van der Waals surface area contributed by atoms with Gasteiger partial charge in [0.25, 0.3) is 0 Å². The van der Waals surface area contributed by atoms with Crippen LogP contribution in [0.5, 0.6) is 0 Å². The molecule has 0 spiro atoms. The van der Waals surface area contributed by atoms with Gasteiger partial charge < -0.3 is 9.11 Å². The molecular weight excluding hydrogens is 168 g/mol. The maximum absolute atomic E-state index is 8.44. The van der Waals surface area contributed by atoms with Crippen molar-refractivity contribution in [2.45, 2.75) is 0 Å². The second-order valence-electron chi connectivity index (χ2n) is 0.204. The van der Waals surface area contributed by atoms with E-state index in [1.54, 1.807) is 0 Å². The molecule has 0 saturated heterocycles. The minimum absolute atomic E-state index is 0. The van der Waals surface area contributed by atoms with E-state index in [0.29, 0.717) is 0 Å². The first kappa shape index (κ1) is 9.75. The Morgan fingerprint density at radius 3 is 1.40 bits per heavy atom. The van der Waals surface area contributed by atoms with E-state index in [1.165, 1.54) is 0 Å². The van der Waals surface area contributed by atoms with Crippen molar-refractivity contribution in [2.24, 2.45) is 0 Å². The summed E-state index contributed by atoms with van der Waals surface area (Å²) in [4.78, 5) is 0. The van der Waals surface area contributed by atoms with Crippen LogP contribution in [-0.4, -0.2) is 58.8 Å². The molecule has 0 amide bonds. The van der Waals surface area contributed by atoms with Crippen LogP contribution in [0.1, 0.15) is 0 Å². The van der Waals surface area contributed by atoms with Crippen molar-refractivity contribution >= 4 is 56.8 Å². The van der Waals surface area contributed by atoms with E-state index in [-0.39, 0.29) is 45.5 Å². The van der Waals surface area contributed by atoms with Crippen LogP contribution in [0.4, 0.5) is 0 Å². The van der Waals surface area contributed by atoms with Crippen LogP contribution < -0.4 is 0 Å². The van der Waals surface area contributed by atoms with Crippen molar-refractivity contribution in [3.05, 3.63) is 0 Å². The summed E-state index contributed by atoms with van der Waals surface area (Å²) in [6.45, 7) is 0. The quantitative estimate of drug-likeness (QED) is 0.330. The average molecular weight is 168 g/mol. The van der Waals surface area contributed by atoms with Crippen LogP contribution in [0.3, 0.4) is 0 Å². The van der Waals surface area contributed by atoms with Gasteiger partial charge in [-0.2, -0.15) is 0 Å². The van der Waals surface area contributed by atoms with Gasteiger partial charge in [-0.25, -0.2) is 0 Å². The Kier molecular flexibility index (Phi) is 10.8. The van der Waals surface area contributed by atoms with Crippen LogP contribution in [0.2, 0.25) is 0 Å². The van der Waals surface area contributed by atoms with Gasteiger partial charge in [0, 0.05) is 45.5 Å². The first-order valence-corrected chi connectivity index (χ1v) is 1.50. The van der Waals surface area contributed by atoms with Crippen molar-refractivity contribution in [1.29, 1.82) is 0 Å². The van der Waals surface area contributed by atoms with Crippen LogP contribution >= 0.6 is 0 Å². The normalized spacial score (nSPS) is 7.00. The second-order valence-corrected chi connectivity index (χ2v) is 0.612. The van der Waals surface area contributed by atoms with E-state index >= 15 is 0 Å². The summed E-state index contributed by atoms with van der Waals surface area (Å²) < 4.78 is 25.3. The molecule has 0 aromatic rings. The monoisotopic (exact) mass is 168 g/mol. The Morgan fingerprint density at radius 2 is 1.40 bits per heavy atom. The van der Waals surface area contributed by atoms with Crippen LogP contribution in [0.15, 0.2) is 0 Å². The Morgan fingerprint density at radius 1 is 1.40 bits per heavy atom. The topological polar surface area (TPSA) is 63.2 Å². The Labute approximate surface area is 69.1 Å². The molecule has 0 aromatic heterocycles. The van der Waals surface area contributed by atoms with Gasteiger partial charge in [-0.1, -0.05) is 0 Å². The SMILES string of the molecule is O=S([O-])[O-].[Sr]. The van der Waals surface area contributed by atoms with Gasteiger partial charge in [-0.3, -0.25) is 4.21 Å². The van der Waals surface area contributed by atoms with E-state index in [1.807, 2.05) is 0 Å². The fraction of sp³-hybridized carbons (Fsp3) is 0. The van der Waals surface area contributed by atoms with Gasteiger partial charge in [0.1, 0.15) is 0 Å². The molecule has 0 atom stereocenters. The fourth-order valence-electron chi connectivity index (χ4n) is 0. The molecule has 0 unspecified atom stereocenters. The zero-order valence-corrected chi connectivity index (χ0v) is 6.63. The molecule has 0 N–H and O–H groups in total. The molecule has 0 bridgehead atoms. The molecule has 5 heavy (non-hydrogen) atoms. The molecule has 28 valence electrons. The largest absolute Gasteiger partial charge is 0.784 e. The minimum Gasteiger partial charge on any atom is -0.784 e. The smallest absolute Gasteiger partial charge is 0 e. The molecule has 0 heterocycles. The predicted octanol–water partition coefficient (Wildman–Crippen LogP) is -1.38. The van der Waals surface area contributed by atoms with E-state index in [4.69, 9.17) is 13.3 Å². The molecule has 0 saturated carbocycles. The van der Waals surface area contributed by atoms with Crippen molar-refractivity contribution in [2.75, 3.05) is 0 Å². The van der Waals surface area contributed by atoms with Crippen LogP contribution in [-0.2, 0) is 11.4 Å². The van der Waals surface area contributed by atoms with Gasteiger partial charge >= 0.3 is 0 Å². The summed E-state index contributed by atoms with van der Waals surface area (Å²) in [6, 6.07) is 0. The molecule has 0 aromatic carbocycles. The molecule has 2 radical (unpaired) electrons. The predicted molar refractivity (Wildman–Crippen MR) is 15.5 cm³/mol. The third kappa shape index (κ3) is 29.1. The van der Waals surface area contributed by atoms with Crippen LogP contribution in [0, 0.1) is 0 Å². The third-order valence-electron chi connectivity index (χ3n) is 0. The first-order valence-electron chi connectivity index (χ1n) is 0.500. The molecule has 0 aliphatic heterocycles. The Hall–Kier alpha value is 1.55. The van der Waals surface area contributed by atoms with Crippen molar-refractivity contribution in [1.82, 2.24) is 0 Å². The summed E-state index contributed by atoms with van der Waals surface area (Å²) in [5, 5.41) is 0. The van der Waals surface area contributed by atoms with E-state index in [9.17, 15) is 0 Å². The van der Waals surface area contributed by atoms with Gasteiger partial charge in [-0.05, 0) is 0 Å². The summed E-state index contributed by atoms with van der Waals surface area (Å²) in [7, 11) is 0. The first-order chi connectivity index (χ1) is 1.73. The maximum Gasteiger partial charge on any atom is 0 e. The summed E-state index contributed by atoms with van der Waals surface area (Å²) in [6.07, 6.45) is 0. The van der Waals surface area contributed by atoms with Crippen molar-refractivity contribution in [3.8, 4) is 0 Å². The van der Waals surface area contributed by atoms with Gasteiger partial charge in [0.2, 0.25) is 0 Å². The molecular formula is O3SSr-2. The Balaban J connectivity index is 0. The van der Waals surface area contributed by atoms with Gasteiger partial charge in [0.15, 0.2) is 0 Å². The average Bonchev–Trinajstić information content (AvgIpc) is 0.811. The summed E-state index contributed by atoms with van der Waals surface area (Å²) in [5.74, 6) is 0. The molecule has 0 rings (SSSR count). The van der Waals surface area contributed by atoms with Crippen molar-refractivity contribution < 1.29 is 13.3 Å². The van der Waals surface area contributed by atoms with E-state index in [2.05, 4.69) is 0 Å². The molecule has 0 aliphatic carbocycles. The zero-order valence-electron chi connectivity index (χ0n) is 2.34. The molecule has 0 aliphatic rings. The van der Waals surface area contributed by atoms with E-state index in [0.717, 1.165) is 0 Å². The van der Waals surface area contributed by atoms with Crippen LogP contribution in [0.25, 0.3) is 0 Å². The molecule has 3 nitrogen and oxygen atoms in total. The fourth-order valence-corrected chi connectivity index (χ4v) is 0. The number of hydrogen-bond acceptors (Lipinski definition) is 3. The number of hydrogen-bond donors (Lipinski definition) is 0. The maximum atomic E-state index is 8.44. The molecule has 5 heteroatoms. The standard InChI is InChI=1S/H2O3S.Sr/c1-4(2)3;/h(H2,1,2,3);/p-2. The van der Waals surface area contributed by atoms with Crippen molar-refractivity contribution in [3.63, 3.8) is 0 Å². The number of rotatable bonds is 0. The third-order valence-corrected chi connectivity index (χ3v) is 0. The summed E-state index contributed by atoms with van der Waals surface area (Å²) in [5.41, 5.74) is 0. The second kappa shape index (κ2) is 5.55. The Bertz CT molecular complexity index is 29.9. The minimum atomic E-state index is -3.11. The zero-order chi connectivity index (χ0) is 3.58.